The van der Waals surface area contributed by atoms with E-state index < -0.39 is 0 Å². The summed E-state index contributed by atoms with van der Waals surface area (Å²) < 4.78 is 6.83. The molecule has 0 radical (unpaired) electrons. The number of rotatable bonds is 4. The molecule has 1 aliphatic rings. The number of alkyl halides is 1. The van der Waals surface area contributed by atoms with Gasteiger partial charge in [-0.15, -0.1) is 0 Å². The SMILES string of the molecule is BrCCC[C@H]1CN=CO[C@@H]1c1ccccc1Br. The average Bonchev–Trinajstić information content (AvgIpc) is 2.37. The molecule has 1 aromatic rings. The van der Waals surface area contributed by atoms with Crippen molar-refractivity contribution in [1.29, 1.82) is 0 Å². The minimum atomic E-state index is 0.127. The lowest BCUT2D eigenvalue weighted by Crippen LogP contribution is -2.23. The van der Waals surface area contributed by atoms with E-state index in [4.69, 9.17) is 4.74 Å². The van der Waals surface area contributed by atoms with Gasteiger partial charge < -0.3 is 4.74 Å². The van der Waals surface area contributed by atoms with E-state index in [9.17, 15) is 0 Å². The van der Waals surface area contributed by atoms with Crippen molar-refractivity contribution in [2.75, 3.05) is 11.9 Å². The summed E-state index contributed by atoms with van der Waals surface area (Å²) in [6.07, 6.45) is 4.01. The molecule has 0 bridgehead atoms. The maximum Gasteiger partial charge on any atom is 0.170 e. The van der Waals surface area contributed by atoms with Crippen molar-refractivity contribution in [3.8, 4) is 0 Å². The third-order valence-corrected chi connectivity index (χ3v) is 4.25. The molecule has 0 saturated heterocycles. The second-order valence-electron chi connectivity index (χ2n) is 4.14. The predicted octanol–water partition coefficient (Wildman–Crippen LogP) is 4.34. The summed E-state index contributed by atoms with van der Waals surface area (Å²) in [4.78, 5) is 4.24. The van der Waals surface area contributed by atoms with Gasteiger partial charge in [0.1, 0.15) is 6.10 Å². The predicted molar refractivity (Wildman–Crippen MR) is 77.8 cm³/mol. The second kappa shape index (κ2) is 6.55. The number of benzene rings is 1. The molecule has 4 heteroatoms. The first-order chi connectivity index (χ1) is 8.33. The Bertz CT molecular complexity index is 395. The lowest BCUT2D eigenvalue weighted by atomic mass is 9.91. The Kier molecular flexibility index (Phi) is 5.04. The molecule has 2 atom stereocenters. The molecule has 1 aliphatic heterocycles. The normalized spacial score (nSPS) is 23.4. The van der Waals surface area contributed by atoms with E-state index in [2.05, 4.69) is 55.1 Å². The summed E-state index contributed by atoms with van der Waals surface area (Å²) in [7, 11) is 0. The number of hydrogen-bond acceptors (Lipinski definition) is 2. The molecule has 2 nitrogen and oxygen atoms in total. The van der Waals surface area contributed by atoms with Crippen molar-refractivity contribution < 1.29 is 4.74 Å². The lowest BCUT2D eigenvalue weighted by molar-refractivity contribution is 0.113. The zero-order valence-corrected chi connectivity index (χ0v) is 12.7. The van der Waals surface area contributed by atoms with Gasteiger partial charge in [0, 0.05) is 27.8 Å². The molecule has 0 N–H and O–H groups in total. The van der Waals surface area contributed by atoms with Crippen molar-refractivity contribution in [3.05, 3.63) is 34.3 Å². The number of hydrogen-bond donors (Lipinski definition) is 0. The fraction of sp³-hybridized carbons (Fsp3) is 0.462. The molecule has 0 fully saturated rings. The average molecular weight is 361 g/mol. The van der Waals surface area contributed by atoms with Crippen LogP contribution in [-0.4, -0.2) is 18.3 Å². The Labute approximate surface area is 119 Å². The van der Waals surface area contributed by atoms with Crippen LogP contribution in [0, 0.1) is 5.92 Å². The van der Waals surface area contributed by atoms with Gasteiger partial charge in [0.15, 0.2) is 6.40 Å². The fourth-order valence-corrected chi connectivity index (χ4v) is 2.94. The van der Waals surface area contributed by atoms with E-state index in [1.165, 1.54) is 5.56 Å². The standard InChI is InChI=1S/C13H15Br2NO/c14-7-3-4-10-8-16-9-17-13(10)11-5-1-2-6-12(11)15/h1-2,5-6,9-10,13H,3-4,7-8H2/t10-,13-/m0/s1. The van der Waals surface area contributed by atoms with Gasteiger partial charge >= 0.3 is 0 Å². The lowest BCUT2D eigenvalue weighted by Gasteiger charge is -2.29. The van der Waals surface area contributed by atoms with Crippen LogP contribution in [0.2, 0.25) is 0 Å². The molecule has 0 aliphatic carbocycles. The largest absolute Gasteiger partial charge is 0.475 e. The zero-order chi connectivity index (χ0) is 12.1. The van der Waals surface area contributed by atoms with Crippen LogP contribution in [0.4, 0.5) is 0 Å². The van der Waals surface area contributed by atoms with Gasteiger partial charge in [0.2, 0.25) is 0 Å². The van der Waals surface area contributed by atoms with Crippen LogP contribution in [0.3, 0.4) is 0 Å². The first kappa shape index (κ1) is 13.1. The van der Waals surface area contributed by atoms with E-state index in [1.807, 2.05) is 6.07 Å². The Morgan fingerprint density at radius 2 is 2.18 bits per heavy atom. The van der Waals surface area contributed by atoms with Crippen molar-refractivity contribution in [1.82, 2.24) is 0 Å². The Morgan fingerprint density at radius 3 is 2.94 bits per heavy atom. The van der Waals surface area contributed by atoms with E-state index in [0.29, 0.717) is 5.92 Å². The maximum absolute atomic E-state index is 5.72. The monoisotopic (exact) mass is 359 g/mol. The molecule has 17 heavy (non-hydrogen) atoms. The minimum Gasteiger partial charge on any atom is -0.475 e. The van der Waals surface area contributed by atoms with E-state index in [0.717, 1.165) is 29.2 Å². The molecular formula is C13H15Br2NO. The number of nitrogens with zero attached hydrogens (tertiary/aromatic N) is 1. The van der Waals surface area contributed by atoms with Crippen molar-refractivity contribution in [2.45, 2.75) is 18.9 Å². The van der Waals surface area contributed by atoms with E-state index in [1.54, 1.807) is 6.40 Å². The van der Waals surface area contributed by atoms with Crippen molar-refractivity contribution >= 4 is 38.3 Å². The van der Waals surface area contributed by atoms with Crippen molar-refractivity contribution in [3.63, 3.8) is 0 Å². The van der Waals surface area contributed by atoms with Crippen LogP contribution in [0.15, 0.2) is 33.7 Å². The summed E-state index contributed by atoms with van der Waals surface area (Å²) in [6.45, 7) is 0.860. The molecule has 0 saturated carbocycles. The highest BCUT2D eigenvalue weighted by Gasteiger charge is 2.27. The van der Waals surface area contributed by atoms with Gasteiger partial charge in [-0.1, -0.05) is 50.1 Å². The minimum absolute atomic E-state index is 0.127. The van der Waals surface area contributed by atoms with E-state index >= 15 is 0 Å². The Morgan fingerprint density at radius 1 is 1.35 bits per heavy atom. The smallest absolute Gasteiger partial charge is 0.170 e. The molecule has 2 rings (SSSR count). The van der Waals surface area contributed by atoms with Crippen LogP contribution < -0.4 is 0 Å². The van der Waals surface area contributed by atoms with Crippen LogP contribution >= 0.6 is 31.9 Å². The Balaban J connectivity index is 2.17. The molecule has 0 aromatic heterocycles. The number of halogens is 2. The van der Waals surface area contributed by atoms with Gasteiger partial charge in [-0.3, -0.25) is 4.99 Å². The number of ether oxygens (including phenoxy) is 1. The highest BCUT2D eigenvalue weighted by molar-refractivity contribution is 9.10. The molecule has 1 heterocycles. The molecular weight excluding hydrogens is 346 g/mol. The van der Waals surface area contributed by atoms with Gasteiger partial charge in [-0.2, -0.15) is 0 Å². The van der Waals surface area contributed by atoms with E-state index in [-0.39, 0.29) is 6.10 Å². The quantitative estimate of drug-likeness (QED) is 0.732. The third-order valence-electron chi connectivity index (χ3n) is 2.97. The first-order valence-corrected chi connectivity index (χ1v) is 7.68. The first-order valence-electron chi connectivity index (χ1n) is 5.77. The Hall–Kier alpha value is -0.350. The van der Waals surface area contributed by atoms with Crippen LogP contribution in [0.5, 0.6) is 0 Å². The third kappa shape index (κ3) is 3.32. The summed E-state index contributed by atoms with van der Waals surface area (Å²) in [6, 6.07) is 8.26. The van der Waals surface area contributed by atoms with Gasteiger partial charge in [0.25, 0.3) is 0 Å². The van der Waals surface area contributed by atoms with Crippen molar-refractivity contribution in [2.24, 2.45) is 10.9 Å². The van der Waals surface area contributed by atoms with Gasteiger partial charge in [-0.25, -0.2) is 0 Å². The molecule has 0 unspecified atom stereocenters. The van der Waals surface area contributed by atoms with Gasteiger partial charge in [0.05, 0.1) is 0 Å². The summed E-state index contributed by atoms with van der Waals surface area (Å²) in [5, 5.41) is 1.04. The molecule has 92 valence electrons. The molecule has 0 spiro atoms. The highest BCUT2D eigenvalue weighted by atomic mass is 79.9. The van der Waals surface area contributed by atoms with Crippen LogP contribution in [0.1, 0.15) is 24.5 Å². The summed E-state index contributed by atoms with van der Waals surface area (Å²) in [5.41, 5.74) is 1.22. The van der Waals surface area contributed by atoms with Gasteiger partial charge in [-0.05, 0) is 18.9 Å². The number of aliphatic imine (C=N–C) groups is 1. The summed E-state index contributed by atoms with van der Waals surface area (Å²) in [5.74, 6) is 0.469. The maximum atomic E-state index is 5.72. The zero-order valence-electron chi connectivity index (χ0n) is 9.48. The summed E-state index contributed by atoms with van der Waals surface area (Å²) >= 11 is 7.07. The van der Waals surface area contributed by atoms with Crippen LogP contribution in [0.25, 0.3) is 0 Å². The second-order valence-corrected chi connectivity index (χ2v) is 5.79. The molecule has 1 aromatic carbocycles. The molecule has 0 amide bonds. The topological polar surface area (TPSA) is 21.6 Å². The highest BCUT2D eigenvalue weighted by Crippen LogP contribution is 2.35. The van der Waals surface area contributed by atoms with Crippen LogP contribution in [-0.2, 0) is 4.74 Å². The fourth-order valence-electron chi connectivity index (χ4n) is 2.11.